The Labute approximate surface area is 134 Å². The topological polar surface area (TPSA) is 213 Å². The van der Waals surface area contributed by atoms with E-state index in [1.165, 1.54) is 0 Å². The Kier molecular flexibility index (Phi) is 15.2. The minimum absolute atomic E-state index is 0. The fourth-order valence-electron chi connectivity index (χ4n) is 0.811. The van der Waals surface area contributed by atoms with Crippen LogP contribution in [-0.2, 0) is 31.5 Å². The van der Waals surface area contributed by atoms with Crippen LogP contribution >= 0.6 is 0 Å². The molecular weight excluding hydrogens is 352 g/mol. The summed E-state index contributed by atoms with van der Waals surface area (Å²) >= 11 is 0. The van der Waals surface area contributed by atoms with Crippen LogP contribution in [0.5, 0.6) is 0 Å². The molecule has 0 heterocycles. The molecule has 0 saturated carbocycles. The zero-order valence-corrected chi connectivity index (χ0v) is 11.9. The predicted octanol–water partition coefficient (Wildman–Crippen LogP) is -3.78. The van der Waals surface area contributed by atoms with Gasteiger partial charge in [-0.15, -0.1) is 0 Å². The third-order valence-electron chi connectivity index (χ3n) is 1.88. The van der Waals surface area contributed by atoms with Crippen LogP contribution in [0.15, 0.2) is 12.2 Å². The maximum atomic E-state index is 10.1. The van der Waals surface area contributed by atoms with Crippen LogP contribution < -0.4 is 0 Å². The maximum Gasteiger partial charge on any atom is 0.335 e. The van der Waals surface area contributed by atoms with E-state index in [1.54, 1.807) is 0 Å². The van der Waals surface area contributed by atoms with Gasteiger partial charge < -0.3 is 40.9 Å². The molecule has 0 fully saturated rings. The van der Waals surface area contributed by atoms with Gasteiger partial charge in [0, 0.05) is 29.2 Å². The summed E-state index contributed by atoms with van der Waals surface area (Å²) in [5.41, 5.74) is 0. The molecule has 11 nitrogen and oxygen atoms in total. The smallest absolute Gasteiger partial charge is 0.335 e. The van der Waals surface area contributed by atoms with Crippen LogP contribution in [-0.4, -0.2) is 89.8 Å². The van der Waals surface area contributed by atoms with Gasteiger partial charge in [-0.1, -0.05) is 0 Å². The Morgan fingerprint density at radius 2 is 1.18 bits per heavy atom. The number of aliphatic hydroxyl groups excluding tert-OH is 5. The molecule has 0 aromatic rings. The summed E-state index contributed by atoms with van der Waals surface area (Å²) in [6.07, 6.45) is -6.72. The number of aliphatic hydroxyl groups is 5. The van der Waals surface area contributed by atoms with Crippen molar-refractivity contribution in [1.29, 1.82) is 0 Å². The van der Waals surface area contributed by atoms with Gasteiger partial charge in [-0.25, -0.2) is 14.4 Å². The van der Waals surface area contributed by atoms with Crippen LogP contribution in [0.4, 0.5) is 0 Å². The zero-order valence-electron chi connectivity index (χ0n) is 10.8. The average molecular weight is 368 g/mol. The maximum absolute atomic E-state index is 10.1. The van der Waals surface area contributed by atoms with Crippen molar-refractivity contribution >= 4 is 17.9 Å². The molecule has 0 aromatic carbocycles. The number of carboxylic acid groups (broad SMARTS) is 3. The molecule has 0 spiro atoms. The average Bonchev–Trinajstić information content (AvgIpc) is 2.42. The minimum Gasteiger partial charge on any atom is -0.479 e. The molecule has 0 aromatic heterocycles. The summed E-state index contributed by atoms with van der Waals surface area (Å²) in [5.74, 6) is -4.24. The number of carboxylic acids is 3. The van der Waals surface area contributed by atoms with Gasteiger partial charge in [0.2, 0.25) is 0 Å². The second kappa shape index (κ2) is 13.2. The SMILES string of the molecule is O=C(O)/C=C/C(=O)O.O=C(O)[C@H](O)[C@@H](O)[C@H](O)[C@H](O)CO.[Fe]. The van der Waals surface area contributed by atoms with Crippen molar-refractivity contribution in [2.45, 2.75) is 24.4 Å². The van der Waals surface area contributed by atoms with Gasteiger partial charge in [0.1, 0.15) is 18.3 Å². The van der Waals surface area contributed by atoms with E-state index >= 15 is 0 Å². The van der Waals surface area contributed by atoms with E-state index in [4.69, 9.17) is 40.9 Å². The third-order valence-corrected chi connectivity index (χ3v) is 1.88. The monoisotopic (exact) mass is 368 g/mol. The van der Waals surface area contributed by atoms with Crippen LogP contribution in [0.2, 0.25) is 0 Å². The Hall–Kier alpha value is -1.53. The van der Waals surface area contributed by atoms with Gasteiger partial charge >= 0.3 is 17.9 Å². The second-order valence-corrected chi connectivity index (χ2v) is 3.52. The quantitative estimate of drug-likeness (QED) is 0.161. The van der Waals surface area contributed by atoms with Crippen LogP contribution in [0.1, 0.15) is 0 Å². The zero-order chi connectivity index (χ0) is 17.2. The normalized spacial score (nSPS) is 15.5. The van der Waals surface area contributed by atoms with Crippen molar-refractivity contribution in [2.24, 2.45) is 0 Å². The minimum atomic E-state index is -2.20. The van der Waals surface area contributed by atoms with Crippen molar-refractivity contribution in [3.63, 3.8) is 0 Å². The van der Waals surface area contributed by atoms with Crippen molar-refractivity contribution < 1.29 is 72.3 Å². The fraction of sp³-hybridized carbons (Fsp3) is 0.500. The first-order valence-corrected chi connectivity index (χ1v) is 5.24. The van der Waals surface area contributed by atoms with E-state index in [1.807, 2.05) is 0 Å². The molecule has 0 amide bonds. The first kappa shape index (κ1) is 25.4. The molecule has 8 N–H and O–H groups in total. The molecule has 0 saturated heterocycles. The summed E-state index contributed by atoms with van der Waals surface area (Å²) in [7, 11) is 0. The number of carbonyl (C=O) groups is 3. The van der Waals surface area contributed by atoms with Gasteiger partial charge in [-0.05, 0) is 0 Å². The third kappa shape index (κ3) is 12.2. The van der Waals surface area contributed by atoms with Gasteiger partial charge in [0.15, 0.2) is 6.10 Å². The van der Waals surface area contributed by atoms with E-state index < -0.39 is 48.9 Å². The van der Waals surface area contributed by atoms with E-state index in [0.717, 1.165) is 0 Å². The molecule has 130 valence electrons. The van der Waals surface area contributed by atoms with Gasteiger partial charge in [0.05, 0.1) is 6.61 Å². The van der Waals surface area contributed by atoms with E-state index in [2.05, 4.69) is 0 Å². The molecule has 22 heavy (non-hydrogen) atoms. The molecule has 0 aliphatic rings. The van der Waals surface area contributed by atoms with Crippen molar-refractivity contribution in [3.8, 4) is 0 Å². The van der Waals surface area contributed by atoms with Crippen LogP contribution in [0.3, 0.4) is 0 Å². The number of rotatable bonds is 7. The number of hydrogen-bond acceptors (Lipinski definition) is 8. The summed E-state index contributed by atoms with van der Waals surface area (Å²) < 4.78 is 0. The summed E-state index contributed by atoms with van der Waals surface area (Å²) in [6, 6.07) is 0. The molecule has 0 rings (SSSR count). The van der Waals surface area contributed by atoms with Crippen molar-refractivity contribution in [2.75, 3.05) is 6.61 Å². The molecule has 0 aliphatic carbocycles. The molecule has 0 bridgehead atoms. The predicted molar refractivity (Wildman–Crippen MR) is 63.2 cm³/mol. The van der Waals surface area contributed by atoms with Gasteiger partial charge in [-0.3, -0.25) is 0 Å². The second-order valence-electron chi connectivity index (χ2n) is 3.52. The summed E-state index contributed by atoms with van der Waals surface area (Å²) in [4.78, 5) is 29.2. The number of hydrogen-bond donors (Lipinski definition) is 8. The standard InChI is InChI=1S/C6H12O7.C4H4O4.Fe/c7-1-2(8)3(9)4(10)5(11)6(12)13;5-3(6)1-2-4(7)8;/h2-5,7-11H,1H2,(H,12,13);1-2H,(H,5,6)(H,7,8);/b;2-1+;/t2-,3-,4+,5-;;/m1../s1. The molecule has 0 aliphatic heterocycles. The molecule has 12 heteroatoms. The number of aliphatic carboxylic acids is 3. The van der Waals surface area contributed by atoms with Crippen LogP contribution in [0, 0.1) is 0 Å². The summed E-state index contributed by atoms with van der Waals surface area (Å²) in [6.45, 7) is -0.843. The van der Waals surface area contributed by atoms with Gasteiger partial charge in [0.25, 0.3) is 0 Å². The summed E-state index contributed by atoms with van der Waals surface area (Å²) in [5, 5.41) is 67.4. The first-order valence-electron chi connectivity index (χ1n) is 5.24. The Bertz CT molecular complexity index is 367. The largest absolute Gasteiger partial charge is 0.479 e. The Morgan fingerprint density at radius 1 is 0.818 bits per heavy atom. The van der Waals surface area contributed by atoms with E-state index in [0.29, 0.717) is 12.2 Å². The molecule has 0 radical (unpaired) electrons. The van der Waals surface area contributed by atoms with Crippen LogP contribution in [0.25, 0.3) is 0 Å². The van der Waals surface area contributed by atoms with E-state index in [-0.39, 0.29) is 17.1 Å². The molecular formula is C10H16FeO11. The Morgan fingerprint density at radius 3 is 1.41 bits per heavy atom. The van der Waals surface area contributed by atoms with Crippen molar-refractivity contribution in [3.05, 3.63) is 12.2 Å². The Balaban J connectivity index is -0.000000348. The van der Waals surface area contributed by atoms with Crippen molar-refractivity contribution in [1.82, 2.24) is 0 Å². The molecule has 4 atom stereocenters. The fourth-order valence-corrected chi connectivity index (χ4v) is 0.811. The van der Waals surface area contributed by atoms with Gasteiger partial charge in [-0.2, -0.15) is 0 Å². The molecule has 0 unspecified atom stereocenters. The van der Waals surface area contributed by atoms with E-state index in [9.17, 15) is 14.4 Å². The first-order chi connectivity index (χ1) is 9.54.